The van der Waals surface area contributed by atoms with E-state index in [0.717, 1.165) is 0 Å². The second-order valence-electron chi connectivity index (χ2n) is 4.55. The lowest BCUT2D eigenvalue weighted by Gasteiger charge is -2.19. The van der Waals surface area contributed by atoms with Gasteiger partial charge in [-0.1, -0.05) is 6.07 Å². The Kier molecular flexibility index (Phi) is 10.4. The van der Waals surface area contributed by atoms with Gasteiger partial charge in [0.2, 0.25) is 0 Å². The predicted molar refractivity (Wildman–Crippen MR) is 80.7 cm³/mol. The SMILES string of the molecule is CCO.C[C@](N)(Cc1ccc(O)c(O)c1)C(=O)O.O=P(O)(O)O. The summed E-state index contributed by atoms with van der Waals surface area (Å²) in [4.78, 5) is 32.3. The van der Waals surface area contributed by atoms with Crippen LogP contribution in [0.5, 0.6) is 11.5 Å². The van der Waals surface area contributed by atoms with Crippen LogP contribution in [0.3, 0.4) is 0 Å². The number of aliphatic hydroxyl groups is 1. The molecule has 0 saturated carbocycles. The second-order valence-corrected chi connectivity index (χ2v) is 5.58. The molecule has 1 aromatic rings. The first-order valence-corrected chi connectivity index (χ1v) is 7.73. The Bertz CT molecular complexity index is 533. The fraction of sp³-hybridized carbons (Fsp3) is 0.417. The first-order chi connectivity index (χ1) is 10.2. The maximum atomic E-state index is 10.7. The van der Waals surface area contributed by atoms with Gasteiger partial charge in [0.1, 0.15) is 5.54 Å². The molecule has 0 spiro atoms. The first-order valence-electron chi connectivity index (χ1n) is 6.16. The quantitative estimate of drug-likeness (QED) is 0.258. The highest BCUT2D eigenvalue weighted by Gasteiger charge is 2.28. The molecule has 0 amide bonds. The van der Waals surface area contributed by atoms with Crippen molar-refractivity contribution in [2.45, 2.75) is 25.8 Å². The minimum Gasteiger partial charge on any atom is -0.504 e. The number of aliphatic carboxylic acids is 1. The van der Waals surface area contributed by atoms with Gasteiger partial charge >= 0.3 is 13.8 Å². The van der Waals surface area contributed by atoms with Crippen LogP contribution in [-0.4, -0.2) is 53.2 Å². The molecule has 0 aliphatic carbocycles. The number of carboxylic acid groups (broad SMARTS) is 1. The van der Waals surface area contributed by atoms with Gasteiger partial charge in [-0.25, -0.2) is 4.57 Å². The van der Waals surface area contributed by atoms with Gasteiger partial charge in [0.25, 0.3) is 0 Å². The molecule has 23 heavy (non-hydrogen) atoms. The minimum absolute atomic E-state index is 0.0795. The lowest BCUT2D eigenvalue weighted by molar-refractivity contribution is -0.142. The second kappa shape index (κ2) is 10.2. The predicted octanol–water partition coefficient (Wildman–Crippen LogP) is -0.488. The van der Waals surface area contributed by atoms with E-state index in [1.807, 2.05) is 0 Å². The Morgan fingerprint density at radius 1 is 1.22 bits per heavy atom. The number of rotatable bonds is 3. The summed E-state index contributed by atoms with van der Waals surface area (Å²) in [6.45, 7) is 3.32. The van der Waals surface area contributed by atoms with Crippen LogP contribution < -0.4 is 5.73 Å². The van der Waals surface area contributed by atoms with Crippen LogP contribution in [-0.2, 0) is 15.8 Å². The van der Waals surface area contributed by atoms with Gasteiger partial charge in [0.15, 0.2) is 11.5 Å². The standard InChI is InChI=1S/C10H13NO4.C2H6O.H3O4P/c1-10(11,9(14)15)5-6-2-3-7(12)8(13)4-6;1-2-3;1-5(2,3)4/h2-4,12-13H,5,11H2,1H3,(H,14,15);3H,2H2,1H3;(H3,1,2,3,4)/t10-;;/m0../s1. The molecule has 0 heterocycles. The molecule has 1 rings (SSSR count). The van der Waals surface area contributed by atoms with Crippen molar-refractivity contribution in [3.63, 3.8) is 0 Å². The van der Waals surface area contributed by atoms with E-state index in [2.05, 4.69) is 0 Å². The summed E-state index contributed by atoms with van der Waals surface area (Å²) in [6.07, 6.45) is 0.0795. The largest absolute Gasteiger partial charge is 0.504 e. The number of carbonyl (C=O) groups is 1. The maximum absolute atomic E-state index is 10.7. The number of benzene rings is 1. The average molecular weight is 355 g/mol. The smallest absolute Gasteiger partial charge is 0.466 e. The number of phenols is 2. The number of aromatic hydroxyl groups is 2. The van der Waals surface area contributed by atoms with Crippen molar-refractivity contribution in [3.05, 3.63) is 23.8 Å². The highest BCUT2D eigenvalue weighted by Crippen LogP contribution is 2.26. The molecule has 1 aromatic carbocycles. The Labute approximate surface area is 132 Å². The molecule has 0 unspecified atom stereocenters. The van der Waals surface area contributed by atoms with E-state index in [1.54, 1.807) is 6.92 Å². The van der Waals surface area contributed by atoms with Gasteiger partial charge < -0.3 is 40.8 Å². The van der Waals surface area contributed by atoms with Crippen molar-refractivity contribution in [1.82, 2.24) is 0 Å². The van der Waals surface area contributed by atoms with Gasteiger partial charge in [-0.3, -0.25) is 4.79 Å². The number of carboxylic acids is 1. The number of hydrogen-bond acceptors (Lipinski definition) is 6. The van der Waals surface area contributed by atoms with Crippen LogP contribution in [0, 0.1) is 0 Å². The fourth-order valence-corrected chi connectivity index (χ4v) is 1.18. The highest BCUT2D eigenvalue weighted by atomic mass is 31.2. The summed E-state index contributed by atoms with van der Waals surface area (Å²) < 4.78 is 8.88. The lowest BCUT2D eigenvalue weighted by Crippen LogP contribution is -2.46. The molecular formula is C12H22NO9P. The normalized spacial score (nSPS) is 12.8. The molecule has 0 saturated heterocycles. The number of phosphoric acid groups is 1. The van der Waals surface area contributed by atoms with E-state index < -0.39 is 19.3 Å². The fourth-order valence-electron chi connectivity index (χ4n) is 1.18. The highest BCUT2D eigenvalue weighted by molar-refractivity contribution is 7.45. The third kappa shape index (κ3) is 13.7. The van der Waals surface area contributed by atoms with Gasteiger partial charge in [-0.15, -0.1) is 0 Å². The summed E-state index contributed by atoms with van der Waals surface area (Å²) in [6, 6.07) is 4.11. The summed E-state index contributed by atoms with van der Waals surface area (Å²) >= 11 is 0. The molecule has 0 aromatic heterocycles. The van der Waals surface area contributed by atoms with E-state index in [4.69, 9.17) is 40.3 Å². The summed E-state index contributed by atoms with van der Waals surface area (Å²) in [5.74, 6) is -1.64. The summed E-state index contributed by atoms with van der Waals surface area (Å²) in [5.41, 5.74) is 4.70. The first kappa shape index (κ1) is 23.6. The zero-order valence-electron chi connectivity index (χ0n) is 12.6. The maximum Gasteiger partial charge on any atom is 0.466 e. The molecule has 9 N–H and O–H groups in total. The van der Waals surface area contributed by atoms with Crippen LogP contribution in [0.4, 0.5) is 0 Å². The van der Waals surface area contributed by atoms with Crippen molar-refractivity contribution in [1.29, 1.82) is 0 Å². The Hall–Kier alpha value is -1.68. The van der Waals surface area contributed by atoms with E-state index in [-0.39, 0.29) is 24.5 Å². The lowest BCUT2D eigenvalue weighted by atomic mass is 9.94. The number of nitrogens with two attached hydrogens (primary N) is 1. The zero-order valence-corrected chi connectivity index (χ0v) is 13.5. The molecule has 0 aliphatic heterocycles. The van der Waals surface area contributed by atoms with Gasteiger partial charge in [0, 0.05) is 13.0 Å². The summed E-state index contributed by atoms with van der Waals surface area (Å²) in [7, 11) is -4.64. The molecule has 11 heteroatoms. The molecule has 0 aliphatic rings. The van der Waals surface area contributed by atoms with E-state index in [9.17, 15) is 9.90 Å². The van der Waals surface area contributed by atoms with Crippen LogP contribution in [0.1, 0.15) is 19.4 Å². The molecule has 1 atom stereocenters. The van der Waals surface area contributed by atoms with Crippen molar-refractivity contribution >= 4 is 13.8 Å². The van der Waals surface area contributed by atoms with Gasteiger partial charge in [-0.05, 0) is 31.5 Å². The molecule has 10 nitrogen and oxygen atoms in total. The van der Waals surface area contributed by atoms with Crippen LogP contribution in [0.2, 0.25) is 0 Å². The van der Waals surface area contributed by atoms with Crippen molar-refractivity contribution < 1.29 is 44.5 Å². The third-order valence-corrected chi connectivity index (χ3v) is 2.10. The number of phenolic OH excluding ortho intramolecular Hbond substituents is 2. The Balaban J connectivity index is 0. The minimum atomic E-state index is -4.64. The molecular weight excluding hydrogens is 333 g/mol. The Morgan fingerprint density at radius 3 is 1.91 bits per heavy atom. The number of hydrogen-bond donors (Lipinski definition) is 8. The van der Waals surface area contributed by atoms with E-state index in [1.165, 1.54) is 25.1 Å². The van der Waals surface area contributed by atoms with Gasteiger partial charge in [0.05, 0.1) is 0 Å². The average Bonchev–Trinajstić information content (AvgIpc) is 2.32. The molecule has 134 valence electrons. The monoisotopic (exact) mass is 355 g/mol. The molecule has 0 bridgehead atoms. The molecule has 0 fully saturated rings. The number of aliphatic hydroxyl groups excluding tert-OH is 1. The van der Waals surface area contributed by atoms with E-state index >= 15 is 0 Å². The van der Waals surface area contributed by atoms with Crippen molar-refractivity contribution in [2.75, 3.05) is 6.61 Å². The van der Waals surface area contributed by atoms with Crippen molar-refractivity contribution in [3.8, 4) is 11.5 Å². The zero-order chi connectivity index (χ0) is 18.8. The third-order valence-electron chi connectivity index (χ3n) is 2.10. The summed E-state index contributed by atoms with van der Waals surface area (Å²) in [5, 5.41) is 34.6. The van der Waals surface area contributed by atoms with Crippen LogP contribution in [0.15, 0.2) is 18.2 Å². The van der Waals surface area contributed by atoms with Gasteiger partial charge in [-0.2, -0.15) is 0 Å². The van der Waals surface area contributed by atoms with E-state index in [0.29, 0.717) is 5.56 Å². The van der Waals surface area contributed by atoms with Crippen LogP contribution in [0.25, 0.3) is 0 Å². The topological polar surface area (TPSA) is 202 Å². The van der Waals surface area contributed by atoms with Crippen LogP contribution >= 0.6 is 7.82 Å². The van der Waals surface area contributed by atoms with Crippen molar-refractivity contribution in [2.24, 2.45) is 5.73 Å². The Morgan fingerprint density at radius 2 is 1.61 bits per heavy atom. The molecule has 0 radical (unpaired) electrons.